The lowest BCUT2D eigenvalue weighted by molar-refractivity contribution is 0.0700. The van der Waals surface area contributed by atoms with Gasteiger partial charge in [0.15, 0.2) is 17.1 Å². The highest BCUT2D eigenvalue weighted by molar-refractivity contribution is 6.05. The van der Waals surface area contributed by atoms with Crippen molar-refractivity contribution in [2.75, 3.05) is 13.1 Å². The van der Waals surface area contributed by atoms with Gasteiger partial charge in [0.25, 0.3) is 5.91 Å². The van der Waals surface area contributed by atoms with E-state index < -0.39 is 0 Å². The molecule has 0 N–H and O–H groups in total. The van der Waals surface area contributed by atoms with E-state index in [9.17, 15) is 4.79 Å². The first-order valence-electron chi connectivity index (χ1n) is 11.4. The van der Waals surface area contributed by atoms with Crippen molar-refractivity contribution < 1.29 is 9.21 Å². The van der Waals surface area contributed by atoms with Crippen molar-refractivity contribution in [1.29, 1.82) is 0 Å². The molecular formula is C25H29N5O2. The van der Waals surface area contributed by atoms with Gasteiger partial charge in [-0.15, -0.1) is 0 Å². The fraction of sp³-hybridized carbons (Fsp3) is 0.440. The predicted octanol–water partition coefficient (Wildman–Crippen LogP) is 5.30. The molecule has 1 unspecified atom stereocenters. The first-order valence-corrected chi connectivity index (χ1v) is 11.4. The van der Waals surface area contributed by atoms with Gasteiger partial charge < -0.3 is 9.32 Å². The lowest BCUT2D eigenvalue weighted by Gasteiger charge is -2.31. The number of carbonyl (C=O) groups excluding carboxylic acids is 1. The van der Waals surface area contributed by atoms with Crippen LogP contribution in [0.15, 0.2) is 40.9 Å². The van der Waals surface area contributed by atoms with Crippen LogP contribution in [0.2, 0.25) is 0 Å². The molecule has 0 saturated carbocycles. The minimum Gasteiger partial charge on any atom is -0.440 e. The summed E-state index contributed by atoms with van der Waals surface area (Å²) in [5.74, 6) is 1.07. The number of benzene rings is 1. The number of carbonyl (C=O) groups is 1. The summed E-state index contributed by atoms with van der Waals surface area (Å²) in [5.41, 5.74) is 4.04. The van der Waals surface area contributed by atoms with E-state index in [1.807, 2.05) is 39.9 Å². The van der Waals surface area contributed by atoms with E-state index in [0.29, 0.717) is 12.1 Å². The number of piperidine rings is 1. The first kappa shape index (κ1) is 20.7. The number of hydrogen-bond acceptors (Lipinski definition) is 5. The number of hydrogen-bond donors (Lipinski definition) is 0. The third kappa shape index (κ3) is 3.55. The number of pyridine rings is 1. The summed E-state index contributed by atoms with van der Waals surface area (Å²) in [6.07, 6.45) is 3.67. The molecule has 7 nitrogen and oxygen atoms in total. The van der Waals surface area contributed by atoms with Gasteiger partial charge in [-0.3, -0.25) is 4.79 Å². The summed E-state index contributed by atoms with van der Waals surface area (Å²) < 4.78 is 7.92. The molecule has 4 aromatic rings. The second-order valence-corrected chi connectivity index (χ2v) is 9.28. The molecule has 1 amide bonds. The molecular weight excluding hydrogens is 402 g/mol. The molecule has 0 spiro atoms. The summed E-state index contributed by atoms with van der Waals surface area (Å²) >= 11 is 0. The van der Waals surface area contributed by atoms with E-state index >= 15 is 0 Å². The summed E-state index contributed by atoms with van der Waals surface area (Å²) in [4.78, 5) is 25.2. The third-order valence-corrected chi connectivity index (χ3v) is 6.27. The number of oxazole rings is 1. The Bertz CT molecular complexity index is 1250. The van der Waals surface area contributed by atoms with Crippen molar-refractivity contribution >= 4 is 28.0 Å². The van der Waals surface area contributed by atoms with E-state index in [4.69, 9.17) is 9.40 Å². The van der Waals surface area contributed by atoms with Crippen LogP contribution in [-0.4, -0.2) is 43.6 Å². The number of fused-ring (bicyclic) bond motifs is 2. The number of aromatic nitrogens is 4. The molecule has 32 heavy (non-hydrogen) atoms. The number of nitrogens with zero attached hydrogens (tertiary/aromatic N) is 5. The average molecular weight is 432 g/mol. The lowest BCUT2D eigenvalue weighted by Crippen LogP contribution is -2.39. The molecule has 4 heterocycles. The Kier molecular flexibility index (Phi) is 5.19. The van der Waals surface area contributed by atoms with Crippen LogP contribution in [0, 0.1) is 0 Å². The predicted molar refractivity (Wildman–Crippen MR) is 124 cm³/mol. The molecule has 3 aromatic heterocycles. The Labute approximate surface area is 187 Å². The minimum atomic E-state index is 0.0309. The summed E-state index contributed by atoms with van der Waals surface area (Å²) in [6, 6.07) is 9.93. The standard InChI is InChI=1S/C25H29N5O2/c1-15(2)21-12-18(19-13-26-30(16(3)4)23(19)27-21)25(31)29-11-7-8-17(14-29)24-28-20-9-5-6-10-22(20)32-24/h5-6,9-10,12-13,15-17H,7-8,11,14H2,1-4H3. The molecule has 1 saturated heterocycles. The van der Waals surface area contributed by atoms with Crippen LogP contribution in [-0.2, 0) is 0 Å². The van der Waals surface area contributed by atoms with E-state index in [1.54, 1.807) is 6.20 Å². The molecule has 0 aliphatic carbocycles. The van der Waals surface area contributed by atoms with E-state index in [-0.39, 0.29) is 23.8 Å². The van der Waals surface area contributed by atoms with Crippen LogP contribution in [0.3, 0.4) is 0 Å². The van der Waals surface area contributed by atoms with Gasteiger partial charge >= 0.3 is 0 Å². The highest BCUT2D eigenvalue weighted by Gasteiger charge is 2.30. The molecule has 1 aromatic carbocycles. The van der Waals surface area contributed by atoms with Crippen molar-refractivity contribution in [2.24, 2.45) is 0 Å². The molecule has 0 radical (unpaired) electrons. The Morgan fingerprint density at radius 1 is 1.16 bits per heavy atom. The Hall–Kier alpha value is -3.22. The molecule has 1 aliphatic heterocycles. The molecule has 0 bridgehead atoms. The van der Waals surface area contributed by atoms with Gasteiger partial charge in [-0.05, 0) is 50.8 Å². The van der Waals surface area contributed by atoms with E-state index in [0.717, 1.165) is 53.1 Å². The van der Waals surface area contributed by atoms with Crippen molar-refractivity contribution in [1.82, 2.24) is 24.6 Å². The topological polar surface area (TPSA) is 77.0 Å². The van der Waals surface area contributed by atoms with Crippen molar-refractivity contribution in [2.45, 2.75) is 58.4 Å². The van der Waals surface area contributed by atoms with Crippen LogP contribution in [0.4, 0.5) is 0 Å². The fourth-order valence-electron chi connectivity index (χ4n) is 4.49. The molecule has 5 rings (SSSR count). The summed E-state index contributed by atoms with van der Waals surface area (Å²) in [5, 5.41) is 5.35. The van der Waals surface area contributed by atoms with Crippen LogP contribution in [0.1, 0.15) is 80.4 Å². The second kappa shape index (κ2) is 8.04. The molecule has 7 heteroatoms. The monoisotopic (exact) mass is 431 g/mol. The van der Waals surface area contributed by atoms with Crippen LogP contribution in [0.5, 0.6) is 0 Å². The summed E-state index contributed by atoms with van der Waals surface area (Å²) in [6.45, 7) is 9.69. The van der Waals surface area contributed by atoms with Gasteiger partial charge in [-0.1, -0.05) is 26.0 Å². The molecule has 1 aliphatic rings. The van der Waals surface area contributed by atoms with Crippen molar-refractivity contribution in [3.05, 3.63) is 53.7 Å². The Morgan fingerprint density at radius 3 is 2.72 bits per heavy atom. The van der Waals surface area contributed by atoms with Crippen LogP contribution >= 0.6 is 0 Å². The zero-order chi connectivity index (χ0) is 22.4. The normalized spacial score (nSPS) is 17.2. The van der Waals surface area contributed by atoms with Crippen LogP contribution < -0.4 is 0 Å². The zero-order valence-electron chi connectivity index (χ0n) is 19.1. The quantitative estimate of drug-likeness (QED) is 0.438. The average Bonchev–Trinajstić information content (AvgIpc) is 3.42. The second-order valence-electron chi connectivity index (χ2n) is 9.28. The summed E-state index contributed by atoms with van der Waals surface area (Å²) in [7, 11) is 0. The molecule has 1 fully saturated rings. The number of likely N-dealkylation sites (tertiary alicyclic amines) is 1. The first-order chi connectivity index (χ1) is 15.4. The third-order valence-electron chi connectivity index (χ3n) is 6.27. The van der Waals surface area contributed by atoms with Gasteiger partial charge in [0.2, 0.25) is 0 Å². The molecule has 1 atom stereocenters. The Balaban J connectivity index is 1.49. The van der Waals surface area contributed by atoms with Crippen molar-refractivity contribution in [3.8, 4) is 0 Å². The smallest absolute Gasteiger partial charge is 0.254 e. The highest BCUT2D eigenvalue weighted by atomic mass is 16.3. The number of amides is 1. The lowest BCUT2D eigenvalue weighted by atomic mass is 9.96. The van der Waals surface area contributed by atoms with Crippen molar-refractivity contribution in [3.63, 3.8) is 0 Å². The van der Waals surface area contributed by atoms with Crippen LogP contribution in [0.25, 0.3) is 22.1 Å². The largest absolute Gasteiger partial charge is 0.440 e. The maximum Gasteiger partial charge on any atom is 0.254 e. The molecule has 166 valence electrons. The zero-order valence-corrected chi connectivity index (χ0v) is 19.1. The fourth-order valence-corrected chi connectivity index (χ4v) is 4.49. The highest BCUT2D eigenvalue weighted by Crippen LogP contribution is 2.31. The van der Waals surface area contributed by atoms with E-state index in [1.165, 1.54) is 0 Å². The van der Waals surface area contributed by atoms with Gasteiger partial charge in [0, 0.05) is 24.8 Å². The van der Waals surface area contributed by atoms with Gasteiger partial charge in [0.1, 0.15) is 5.52 Å². The maximum absolute atomic E-state index is 13.7. The Morgan fingerprint density at radius 2 is 1.97 bits per heavy atom. The minimum absolute atomic E-state index is 0.0309. The van der Waals surface area contributed by atoms with Gasteiger partial charge in [-0.2, -0.15) is 5.10 Å². The SMILES string of the molecule is CC(C)c1cc(C(=O)N2CCCC(c3nc4ccccc4o3)C2)c2cnn(C(C)C)c2n1. The number of para-hydroxylation sites is 2. The maximum atomic E-state index is 13.7. The van der Waals surface area contributed by atoms with Gasteiger partial charge in [0.05, 0.1) is 23.1 Å². The van der Waals surface area contributed by atoms with Gasteiger partial charge in [-0.25, -0.2) is 14.6 Å². The van der Waals surface area contributed by atoms with E-state index in [2.05, 4.69) is 37.8 Å². The number of rotatable bonds is 4.